The van der Waals surface area contributed by atoms with Crippen molar-refractivity contribution in [3.8, 4) is 0 Å². The van der Waals surface area contributed by atoms with Gasteiger partial charge in [0.15, 0.2) is 6.04 Å². The molecule has 25 heavy (non-hydrogen) atoms. The largest absolute Gasteiger partial charge is 0.321 e. The Morgan fingerprint density at radius 1 is 1.16 bits per heavy atom. The fourth-order valence-corrected chi connectivity index (χ4v) is 5.03. The molecule has 1 fully saturated rings. The Morgan fingerprint density at radius 2 is 1.84 bits per heavy atom. The summed E-state index contributed by atoms with van der Waals surface area (Å²) in [6, 6.07) is 14.2. The molecule has 0 bridgehead atoms. The van der Waals surface area contributed by atoms with Gasteiger partial charge in [-0.2, -0.15) is 0 Å². The van der Waals surface area contributed by atoms with Crippen molar-refractivity contribution in [3.05, 3.63) is 51.1 Å². The molecule has 3 rings (SSSR count). The predicted molar refractivity (Wildman–Crippen MR) is 106 cm³/mol. The third-order valence-corrected chi connectivity index (χ3v) is 6.73. The summed E-state index contributed by atoms with van der Waals surface area (Å²) >= 11 is 5.36. The van der Waals surface area contributed by atoms with Gasteiger partial charge in [-0.05, 0) is 47.1 Å². The minimum atomic E-state index is 0.00244. The molecule has 0 saturated carbocycles. The van der Waals surface area contributed by atoms with E-state index in [1.54, 1.807) is 9.80 Å². The van der Waals surface area contributed by atoms with Crippen molar-refractivity contribution >= 4 is 38.9 Å². The van der Waals surface area contributed by atoms with Crippen LogP contribution in [-0.4, -0.2) is 45.2 Å². The lowest BCUT2D eigenvalue weighted by molar-refractivity contribution is -1.02. The number of quaternary nitrogens is 2. The number of likely N-dealkylation sites (N-methyl/N-ethyl adjacent to an activating group) is 1. The van der Waals surface area contributed by atoms with Gasteiger partial charge in [0.05, 0.1) is 8.66 Å². The number of carbonyl (C=O) groups is 1. The Kier molecular flexibility index (Phi) is 6.28. The number of hydrogen-bond donors (Lipinski definition) is 2. The summed E-state index contributed by atoms with van der Waals surface area (Å²) in [6.07, 6.45) is 0. The fourth-order valence-electron chi connectivity index (χ4n) is 3.47. The van der Waals surface area contributed by atoms with Crippen molar-refractivity contribution in [2.45, 2.75) is 19.5 Å². The third-order valence-electron chi connectivity index (χ3n) is 5.11. The zero-order valence-corrected chi connectivity index (χ0v) is 17.2. The molecule has 2 aromatic rings. The lowest BCUT2D eigenvalue weighted by Crippen LogP contribution is -3.29. The van der Waals surface area contributed by atoms with Crippen LogP contribution in [0.3, 0.4) is 0 Å². The van der Waals surface area contributed by atoms with Crippen LogP contribution in [-0.2, 0) is 11.3 Å². The molecule has 1 aliphatic rings. The van der Waals surface area contributed by atoms with Gasteiger partial charge in [-0.25, -0.2) is 0 Å². The second-order valence-electron chi connectivity index (χ2n) is 6.75. The molecular weight excluding hydrogens is 398 g/mol. The molecule has 1 aromatic heterocycles. The van der Waals surface area contributed by atoms with Crippen LogP contribution in [0.1, 0.15) is 11.8 Å². The maximum Gasteiger partial charge on any atom is 0.284 e. The number of hydrogen-bond acceptors (Lipinski definition) is 2. The van der Waals surface area contributed by atoms with Crippen LogP contribution in [0.2, 0.25) is 0 Å². The molecule has 1 amide bonds. The third kappa shape index (κ3) is 4.70. The number of amides is 1. The number of carbonyl (C=O) groups excluding carboxylic acids is 1. The highest BCUT2D eigenvalue weighted by atomic mass is 79.9. The molecule has 134 valence electrons. The topological polar surface area (TPSA) is 29.2 Å². The van der Waals surface area contributed by atoms with E-state index in [1.165, 1.54) is 13.6 Å². The van der Waals surface area contributed by atoms with E-state index in [9.17, 15) is 4.79 Å². The first-order valence-corrected chi connectivity index (χ1v) is 10.4. The lowest BCUT2D eigenvalue weighted by atomic mass is 10.2. The van der Waals surface area contributed by atoms with Crippen LogP contribution < -0.4 is 14.7 Å². The molecule has 0 aliphatic carbocycles. The van der Waals surface area contributed by atoms with Crippen molar-refractivity contribution in [2.24, 2.45) is 0 Å². The van der Waals surface area contributed by atoms with E-state index >= 15 is 0 Å². The summed E-state index contributed by atoms with van der Waals surface area (Å²) in [5.41, 5.74) is 0.964. The van der Waals surface area contributed by atoms with Crippen molar-refractivity contribution in [2.75, 3.05) is 38.1 Å². The Labute approximate surface area is 162 Å². The van der Waals surface area contributed by atoms with E-state index in [0.717, 1.165) is 38.4 Å². The highest BCUT2D eigenvalue weighted by molar-refractivity contribution is 9.11. The number of thiophene rings is 1. The van der Waals surface area contributed by atoms with Crippen LogP contribution >= 0.6 is 27.3 Å². The molecule has 4 nitrogen and oxygen atoms in total. The molecule has 1 aromatic carbocycles. The number of piperazine rings is 1. The average Bonchev–Trinajstić information content (AvgIpc) is 3.06. The molecule has 1 atom stereocenters. The van der Waals surface area contributed by atoms with E-state index in [1.807, 2.05) is 48.7 Å². The number of halogens is 1. The summed E-state index contributed by atoms with van der Waals surface area (Å²) in [5, 5.41) is 0. The Hall–Kier alpha value is -1.21. The molecule has 1 aliphatic heterocycles. The highest BCUT2D eigenvalue weighted by Gasteiger charge is 2.33. The first-order chi connectivity index (χ1) is 12.0. The van der Waals surface area contributed by atoms with E-state index in [4.69, 9.17) is 0 Å². The maximum atomic E-state index is 12.8. The summed E-state index contributed by atoms with van der Waals surface area (Å²) < 4.78 is 1.20. The Bertz CT molecular complexity index is 698. The normalized spacial score (nSPS) is 21.7. The van der Waals surface area contributed by atoms with Crippen molar-refractivity contribution in [1.29, 1.82) is 0 Å². The van der Waals surface area contributed by atoms with Gasteiger partial charge in [-0.1, -0.05) is 18.2 Å². The molecule has 0 spiro atoms. The molecule has 1 saturated heterocycles. The maximum absolute atomic E-state index is 12.8. The minimum absolute atomic E-state index is 0.00244. The first kappa shape index (κ1) is 18.6. The van der Waals surface area contributed by atoms with Crippen LogP contribution in [0.5, 0.6) is 0 Å². The summed E-state index contributed by atoms with van der Waals surface area (Å²) in [6.45, 7) is 7.51. The van der Waals surface area contributed by atoms with Gasteiger partial charge in [0, 0.05) is 12.7 Å². The fraction of sp³-hybridized carbons (Fsp3) is 0.421. The minimum Gasteiger partial charge on any atom is -0.321 e. The van der Waals surface area contributed by atoms with Crippen molar-refractivity contribution in [3.63, 3.8) is 0 Å². The molecule has 0 radical (unpaired) electrons. The lowest BCUT2D eigenvalue weighted by Gasteiger charge is -2.33. The van der Waals surface area contributed by atoms with Crippen molar-refractivity contribution in [1.82, 2.24) is 0 Å². The van der Waals surface area contributed by atoms with Gasteiger partial charge in [-0.15, -0.1) is 11.3 Å². The number of nitrogens with one attached hydrogen (secondary N) is 2. The second kappa shape index (κ2) is 8.45. The SMILES string of the molecule is C[C@@H](C(=O)N(C)c1ccccc1)[NH+]1CC[NH+](Cc2ccc(Br)s2)CC1. The van der Waals surface area contributed by atoms with Crippen molar-refractivity contribution < 1.29 is 14.6 Å². The number of anilines is 1. The van der Waals surface area contributed by atoms with Crippen LogP contribution in [0.25, 0.3) is 0 Å². The predicted octanol–water partition coefficient (Wildman–Crippen LogP) is 0.846. The van der Waals surface area contributed by atoms with E-state index < -0.39 is 0 Å². The van der Waals surface area contributed by atoms with Gasteiger partial charge in [-0.3, -0.25) is 4.79 Å². The quantitative estimate of drug-likeness (QED) is 0.732. The highest BCUT2D eigenvalue weighted by Crippen LogP contribution is 2.21. The molecule has 6 heteroatoms. The smallest absolute Gasteiger partial charge is 0.284 e. The number of para-hydroxylation sites is 1. The van der Waals surface area contributed by atoms with Gasteiger partial charge in [0.1, 0.15) is 32.7 Å². The average molecular weight is 424 g/mol. The van der Waals surface area contributed by atoms with E-state index in [0.29, 0.717) is 0 Å². The second-order valence-corrected chi connectivity index (χ2v) is 9.29. The van der Waals surface area contributed by atoms with Gasteiger partial charge in [0.2, 0.25) is 0 Å². The number of rotatable bonds is 5. The monoisotopic (exact) mass is 423 g/mol. The van der Waals surface area contributed by atoms with Gasteiger partial charge >= 0.3 is 0 Å². The van der Waals surface area contributed by atoms with E-state index in [2.05, 4.69) is 35.0 Å². The molecule has 0 unspecified atom stereocenters. The van der Waals surface area contributed by atoms with Gasteiger partial charge in [0.25, 0.3) is 5.91 Å². The first-order valence-electron chi connectivity index (χ1n) is 8.79. The standard InChI is InChI=1S/C19H24BrN3OS/c1-15(19(24)21(2)16-6-4-3-5-7-16)23-12-10-22(11-13-23)14-17-8-9-18(20)25-17/h3-9,15H,10-14H2,1-2H3/p+2/t15-/m0/s1. The molecule has 2 heterocycles. The Morgan fingerprint density at radius 3 is 2.44 bits per heavy atom. The summed E-state index contributed by atoms with van der Waals surface area (Å²) in [5.74, 6) is 0.201. The summed E-state index contributed by atoms with van der Waals surface area (Å²) in [4.78, 5) is 19.1. The zero-order valence-electron chi connectivity index (χ0n) is 14.8. The van der Waals surface area contributed by atoms with E-state index in [-0.39, 0.29) is 11.9 Å². The number of nitrogens with zero attached hydrogens (tertiary/aromatic N) is 1. The van der Waals surface area contributed by atoms with Crippen LogP contribution in [0.15, 0.2) is 46.3 Å². The zero-order chi connectivity index (χ0) is 17.8. The van der Waals surface area contributed by atoms with Crippen LogP contribution in [0.4, 0.5) is 5.69 Å². The van der Waals surface area contributed by atoms with Crippen LogP contribution in [0, 0.1) is 0 Å². The van der Waals surface area contributed by atoms with Gasteiger partial charge < -0.3 is 14.7 Å². The summed E-state index contributed by atoms with van der Waals surface area (Å²) in [7, 11) is 1.88. The number of benzene rings is 1. The Balaban J connectivity index is 1.52. The molecular formula is C19H26BrN3OS+2. The molecule has 2 N–H and O–H groups in total.